The van der Waals surface area contributed by atoms with Crippen LogP contribution in [0.5, 0.6) is 0 Å². The number of nitrogens with one attached hydrogen (secondary N) is 1. The van der Waals surface area contributed by atoms with E-state index in [1.165, 1.54) is 7.11 Å². The third-order valence-electron chi connectivity index (χ3n) is 2.73. The maximum atomic E-state index is 12.0. The average molecular weight is 407 g/mol. The van der Waals surface area contributed by atoms with Gasteiger partial charge in [0.25, 0.3) is 0 Å². The van der Waals surface area contributed by atoms with E-state index < -0.39 is 23.7 Å². The Hall–Kier alpha value is -1.23. The van der Waals surface area contributed by atoms with Crippen LogP contribution in [0.2, 0.25) is 9.84 Å². The molecule has 0 saturated heterocycles. The molecule has 0 fully saturated rings. The van der Waals surface area contributed by atoms with E-state index in [2.05, 4.69) is 5.32 Å². The van der Waals surface area contributed by atoms with Gasteiger partial charge in [-0.05, 0) is 0 Å². The number of ether oxygens (including phenoxy) is 2. The Morgan fingerprint density at radius 2 is 1.78 bits per heavy atom. The second-order valence-corrected chi connectivity index (χ2v) is 9.40. The number of alkyl carbamates (subject to hydrolysis) is 1. The molecule has 0 aromatic heterocycles. The summed E-state index contributed by atoms with van der Waals surface area (Å²) in [7, 11) is 1.30. The second kappa shape index (κ2) is 8.57. The van der Waals surface area contributed by atoms with Crippen LogP contribution in [0.3, 0.4) is 0 Å². The number of benzene rings is 1. The first kappa shape index (κ1) is 19.8. The summed E-state index contributed by atoms with van der Waals surface area (Å²) in [6.45, 7) is 7.19. The van der Waals surface area contributed by atoms with Gasteiger partial charge >= 0.3 is 148 Å². The number of hydrogen-bond donors (Lipinski definition) is 1. The average Bonchev–Trinajstić information content (AvgIpc) is 2.44. The van der Waals surface area contributed by atoms with Crippen molar-refractivity contribution in [3.63, 3.8) is 0 Å². The predicted octanol–water partition coefficient (Wildman–Crippen LogP) is 2.54. The zero-order chi connectivity index (χ0) is 17.6. The number of esters is 1. The summed E-state index contributed by atoms with van der Waals surface area (Å²) in [4.78, 5) is 23.8. The molecule has 0 heterocycles. The van der Waals surface area contributed by atoms with Crippen molar-refractivity contribution in [2.45, 2.75) is 44.2 Å². The van der Waals surface area contributed by atoms with Gasteiger partial charge in [-0.3, -0.25) is 0 Å². The zero-order valence-electron chi connectivity index (χ0n) is 13.9. The summed E-state index contributed by atoms with van der Waals surface area (Å²) in [5.74, 6) is -0.487. The molecule has 0 radical (unpaired) electrons. The van der Waals surface area contributed by atoms with Crippen molar-refractivity contribution in [1.82, 2.24) is 5.32 Å². The minimum absolute atomic E-state index is 0.0432. The van der Waals surface area contributed by atoms with Gasteiger partial charge in [0.1, 0.15) is 0 Å². The van der Waals surface area contributed by atoms with Crippen molar-refractivity contribution in [3.8, 4) is 0 Å². The molecule has 23 heavy (non-hydrogen) atoms. The Morgan fingerprint density at radius 1 is 1.22 bits per heavy atom. The summed E-state index contributed by atoms with van der Waals surface area (Å²) < 4.78 is 11.1. The molecule has 1 aromatic carbocycles. The number of halogens is 1. The van der Waals surface area contributed by atoms with E-state index >= 15 is 0 Å². The van der Waals surface area contributed by atoms with Crippen molar-refractivity contribution in [1.29, 1.82) is 0 Å². The Kier molecular flexibility index (Phi) is 7.39. The molecule has 0 bridgehead atoms. The quantitative estimate of drug-likeness (QED) is 0.603. The molecule has 2 atom stereocenters. The molecule has 1 N–H and O–H groups in total. The summed E-state index contributed by atoms with van der Waals surface area (Å²) in [5.41, 5.74) is -0.630. The number of hydrogen-bond acceptors (Lipinski definition) is 4. The van der Waals surface area contributed by atoms with Gasteiger partial charge in [0.15, 0.2) is 0 Å². The molecule has 0 unspecified atom stereocenters. The number of amides is 1. The number of carbonyl (C=O) groups is 2. The van der Waals surface area contributed by atoms with E-state index in [0.29, 0.717) is 5.02 Å². The fraction of sp³-hybridized carbons (Fsp3) is 0.500. The van der Waals surface area contributed by atoms with Gasteiger partial charge in [0, 0.05) is 0 Å². The predicted molar refractivity (Wildman–Crippen MR) is 91.4 cm³/mol. The van der Waals surface area contributed by atoms with Gasteiger partial charge in [-0.1, -0.05) is 0 Å². The third kappa shape index (κ3) is 7.25. The molecule has 1 aromatic rings. The number of carbonyl (C=O) groups excluding carboxylic acids is 2. The van der Waals surface area contributed by atoms with Gasteiger partial charge in [0.2, 0.25) is 0 Å². The fourth-order valence-electron chi connectivity index (χ4n) is 1.73. The van der Waals surface area contributed by atoms with E-state index in [1.54, 1.807) is 32.9 Å². The van der Waals surface area contributed by atoms with Crippen LogP contribution in [0.25, 0.3) is 0 Å². The normalized spacial score (nSPS) is 13.8. The van der Waals surface area contributed by atoms with Gasteiger partial charge in [-0.25, -0.2) is 0 Å². The van der Waals surface area contributed by atoms with Crippen LogP contribution >= 0.6 is 11.6 Å². The van der Waals surface area contributed by atoms with Gasteiger partial charge < -0.3 is 0 Å². The fourth-order valence-corrected chi connectivity index (χ4v) is 4.03. The standard InChI is InChI=1S/C16H22ClNO4Se/c1-10(23-12-8-6-11(17)7-9-12)13(14(19)21-5)18-15(20)22-16(2,3)4/h6-10,13H,1-5H3,(H,18,20)/t10-,13+/m1/s1. The number of rotatable bonds is 5. The molecular weight excluding hydrogens is 385 g/mol. The van der Waals surface area contributed by atoms with E-state index in [1.807, 2.05) is 19.1 Å². The molecule has 0 aliphatic carbocycles. The summed E-state index contributed by atoms with van der Waals surface area (Å²) in [5, 5.41) is 3.27. The van der Waals surface area contributed by atoms with Crippen molar-refractivity contribution in [3.05, 3.63) is 29.3 Å². The van der Waals surface area contributed by atoms with Gasteiger partial charge in [-0.15, -0.1) is 0 Å². The first-order valence-corrected chi connectivity index (χ1v) is 9.34. The minimum atomic E-state index is -0.759. The molecule has 0 spiro atoms. The zero-order valence-corrected chi connectivity index (χ0v) is 16.4. The Labute approximate surface area is 148 Å². The summed E-state index contributed by atoms with van der Waals surface area (Å²) >= 11 is 5.83. The molecule has 5 nitrogen and oxygen atoms in total. The van der Waals surface area contributed by atoms with Crippen molar-refractivity contribution in [2.24, 2.45) is 0 Å². The Morgan fingerprint density at radius 3 is 2.26 bits per heavy atom. The number of methoxy groups -OCH3 is 1. The van der Waals surface area contributed by atoms with Crippen LogP contribution < -0.4 is 9.78 Å². The van der Waals surface area contributed by atoms with Crippen LogP contribution in [0.4, 0.5) is 4.79 Å². The Bertz CT molecular complexity index is 542. The molecule has 1 rings (SSSR count). The first-order chi connectivity index (χ1) is 10.6. The van der Waals surface area contributed by atoms with E-state index in [-0.39, 0.29) is 19.8 Å². The van der Waals surface area contributed by atoms with E-state index in [4.69, 9.17) is 21.1 Å². The van der Waals surface area contributed by atoms with Crippen LogP contribution in [-0.4, -0.2) is 45.8 Å². The van der Waals surface area contributed by atoms with E-state index in [9.17, 15) is 9.59 Å². The third-order valence-corrected chi connectivity index (χ3v) is 5.48. The van der Waals surface area contributed by atoms with Crippen LogP contribution in [0.1, 0.15) is 27.7 Å². The van der Waals surface area contributed by atoms with Crippen molar-refractivity contribution >= 4 is 43.1 Å². The summed E-state index contributed by atoms with van der Waals surface area (Å²) in [6, 6.07) is 6.69. The van der Waals surface area contributed by atoms with Gasteiger partial charge in [0.05, 0.1) is 0 Å². The SMILES string of the molecule is COC(=O)[C@@H](NC(=O)OC(C)(C)C)[C@@H](C)[Se]c1ccc(Cl)cc1. The van der Waals surface area contributed by atoms with E-state index in [0.717, 1.165) is 4.46 Å². The monoisotopic (exact) mass is 407 g/mol. The molecule has 128 valence electrons. The van der Waals surface area contributed by atoms with Crippen molar-refractivity contribution < 1.29 is 19.1 Å². The topological polar surface area (TPSA) is 64.6 Å². The van der Waals surface area contributed by atoms with Crippen molar-refractivity contribution in [2.75, 3.05) is 7.11 Å². The van der Waals surface area contributed by atoms with Crippen LogP contribution in [0.15, 0.2) is 24.3 Å². The molecule has 0 aliphatic rings. The molecule has 1 amide bonds. The van der Waals surface area contributed by atoms with Crippen LogP contribution in [-0.2, 0) is 14.3 Å². The second-order valence-electron chi connectivity index (χ2n) is 5.92. The first-order valence-electron chi connectivity index (χ1n) is 7.12. The van der Waals surface area contributed by atoms with Gasteiger partial charge in [-0.2, -0.15) is 0 Å². The van der Waals surface area contributed by atoms with Crippen LogP contribution in [0, 0.1) is 0 Å². The summed E-state index contributed by atoms with van der Waals surface area (Å²) in [6.07, 6.45) is -0.633. The Balaban J connectivity index is 2.78. The molecule has 0 aliphatic heterocycles. The maximum absolute atomic E-state index is 12.0. The molecule has 0 saturated carbocycles. The molecule has 7 heteroatoms. The molecular formula is C16H22ClNO4Se.